The van der Waals surface area contributed by atoms with Crippen LogP contribution in [-0.2, 0) is 22.4 Å². The molecule has 6 rings (SSSR count). The molecule has 0 unspecified atom stereocenters. The summed E-state index contributed by atoms with van der Waals surface area (Å²) in [6, 6.07) is 20.8. The fourth-order valence-corrected chi connectivity index (χ4v) is 6.94. The van der Waals surface area contributed by atoms with Crippen molar-refractivity contribution in [1.29, 1.82) is 0 Å². The van der Waals surface area contributed by atoms with Gasteiger partial charge < -0.3 is 25.2 Å². The summed E-state index contributed by atoms with van der Waals surface area (Å²) in [6.45, 7) is 14.2. The predicted octanol–water partition coefficient (Wildman–Crippen LogP) is 8.91. The minimum absolute atomic E-state index is 0. The Morgan fingerprint density at radius 3 is 1.83 bits per heavy atom. The summed E-state index contributed by atoms with van der Waals surface area (Å²) in [5, 5.41) is 23.4. The molecule has 2 aromatic carbocycles. The lowest BCUT2D eigenvalue weighted by molar-refractivity contribution is -0.116. The van der Waals surface area contributed by atoms with Crippen molar-refractivity contribution < 1.29 is 19.8 Å². The Balaban J connectivity index is 0.000000237. The number of phenolic OH excluding ortho intramolecular Hbond substituents is 2. The summed E-state index contributed by atoms with van der Waals surface area (Å²) >= 11 is 11.9. The third kappa shape index (κ3) is 12.1. The van der Waals surface area contributed by atoms with Gasteiger partial charge >= 0.3 is 0 Å². The lowest BCUT2D eigenvalue weighted by atomic mass is 10.1. The SMILES string of the molecule is C.O=C(CBr)Cc1ccccc1O.[C-]#[N+]c1c(-c2cccs2)[nH]c(=S)[nH]c1=O.[C-]#[N+]c1c(-c2cccs2)nc(SCC(=O)Cc2ccccc2O)[nH]c1=O. The Hall–Kier alpha value is -5.43. The third-order valence-corrected chi connectivity index (χ3v) is 10.3. The molecule has 6 aromatic rings. The smallest absolute Gasteiger partial charge is 0.276 e. The molecule has 17 heteroatoms. The van der Waals surface area contributed by atoms with E-state index in [-0.39, 0.29) is 70.4 Å². The topological polar surface area (TPSA) is 178 Å². The maximum atomic E-state index is 12.2. The number of aromatic amines is 3. The number of thioether (sulfide) groups is 1. The fraction of sp³-hybridized carbons (Fsp3) is 0.135. The number of phenols is 2. The van der Waals surface area contributed by atoms with Crippen LogP contribution in [0.25, 0.3) is 30.8 Å². The van der Waals surface area contributed by atoms with Gasteiger partial charge in [0.15, 0.2) is 9.93 Å². The van der Waals surface area contributed by atoms with Crippen LogP contribution in [0, 0.1) is 17.9 Å². The van der Waals surface area contributed by atoms with Gasteiger partial charge in [-0.05, 0) is 47.2 Å². The number of ketones is 2. The number of nitrogens with zero attached hydrogens (tertiary/aromatic N) is 3. The zero-order valence-electron chi connectivity index (χ0n) is 27.3. The molecule has 4 heterocycles. The molecule has 0 fully saturated rings. The number of hydrogen-bond donors (Lipinski definition) is 5. The number of Topliss-reactive ketones (excluding diaryl/α,β-unsaturated/α-hetero) is 2. The van der Waals surface area contributed by atoms with Crippen molar-refractivity contribution in [3.8, 4) is 32.6 Å². The van der Waals surface area contributed by atoms with Crippen molar-refractivity contribution in [2.45, 2.75) is 25.4 Å². The monoisotopic (exact) mass is 862 g/mol. The first-order valence-electron chi connectivity index (χ1n) is 15.1. The van der Waals surface area contributed by atoms with Gasteiger partial charge in [0, 0.05) is 33.7 Å². The Kier molecular flexibility index (Phi) is 17.0. The van der Waals surface area contributed by atoms with Gasteiger partial charge in [0.2, 0.25) is 0 Å². The van der Waals surface area contributed by atoms with Gasteiger partial charge in [-0.1, -0.05) is 83.6 Å². The molecule has 0 bridgehead atoms. The number of thiophene rings is 2. The zero-order chi connectivity index (χ0) is 38.3. The van der Waals surface area contributed by atoms with E-state index in [0.717, 1.165) is 21.5 Å². The maximum absolute atomic E-state index is 12.2. The standard InChI is InChI=1S/C18H13N3O3S2.C9H9BrO2.C9H5N3OS2.CH4/c1-19-16-15(14-7-4-8-25-14)20-18(21-17(16)24)26-10-12(22)9-11-5-2-3-6-13(11)23;10-6-8(11)5-7-3-1-2-4-9(7)12;1-10-7-6(5-3-2-4-15-5)11-9(14)12-8(7)13;/h2-8,23H,9-10H2,(H,20,21,24);1-4,12H,5-6H2;2-4H,(H2,11,12,13,14);1H4. The van der Waals surface area contributed by atoms with Gasteiger partial charge in [-0.15, -0.1) is 22.7 Å². The molecular formula is C37H31BrN6O6S4. The second-order valence-electron chi connectivity index (χ2n) is 10.5. The normalized spacial score (nSPS) is 9.91. The number of halogens is 1. The van der Waals surface area contributed by atoms with Crippen LogP contribution in [-0.4, -0.2) is 52.8 Å². The molecule has 12 nitrogen and oxygen atoms in total. The highest BCUT2D eigenvalue weighted by molar-refractivity contribution is 9.09. The van der Waals surface area contributed by atoms with Gasteiger partial charge in [-0.3, -0.25) is 19.2 Å². The zero-order valence-corrected chi connectivity index (χ0v) is 32.1. The van der Waals surface area contributed by atoms with Gasteiger partial charge in [0.1, 0.15) is 23.1 Å². The number of para-hydroxylation sites is 2. The van der Waals surface area contributed by atoms with Crippen molar-refractivity contribution in [2.24, 2.45) is 0 Å². The highest BCUT2D eigenvalue weighted by atomic mass is 79.9. The van der Waals surface area contributed by atoms with Crippen LogP contribution in [0.1, 0.15) is 18.6 Å². The third-order valence-electron chi connectivity index (χ3n) is 6.81. The summed E-state index contributed by atoms with van der Waals surface area (Å²) < 4.78 is 0.232. The van der Waals surface area contributed by atoms with Crippen LogP contribution in [0.15, 0.2) is 98.3 Å². The first-order chi connectivity index (χ1) is 25.5. The molecule has 0 aliphatic carbocycles. The molecule has 0 aliphatic heterocycles. The van der Waals surface area contributed by atoms with E-state index in [0.29, 0.717) is 27.8 Å². The summed E-state index contributed by atoms with van der Waals surface area (Å²) in [5.41, 5.74) is 1.09. The molecule has 0 saturated carbocycles. The van der Waals surface area contributed by atoms with Crippen LogP contribution in [0.2, 0.25) is 0 Å². The Labute approximate surface area is 335 Å². The predicted molar refractivity (Wildman–Crippen MR) is 221 cm³/mol. The minimum Gasteiger partial charge on any atom is -0.508 e. The number of hydrogen-bond acceptors (Lipinski definition) is 11. The summed E-state index contributed by atoms with van der Waals surface area (Å²) in [4.78, 5) is 66.8. The van der Waals surface area contributed by atoms with Gasteiger partial charge in [-0.25, -0.2) is 14.7 Å². The number of carbonyl (C=O) groups excluding carboxylic acids is 2. The number of benzene rings is 2. The van der Waals surface area contributed by atoms with E-state index in [1.807, 2.05) is 29.0 Å². The van der Waals surface area contributed by atoms with E-state index in [1.165, 1.54) is 28.7 Å². The van der Waals surface area contributed by atoms with Gasteiger partial charge in [0.05, 0.1) is 35.6 Å². The van der Waals surface area contributed by atoms with Crippen molar-refractivity contribution in [1.82, 2.24) is 19.9 Å². The average Bonchev–Trinajstić information content (AvgIpc) is 3.89. The summed E-state index contributed by atoms with van der Waals surface area (Å²) in [5.74, 6) is 0.326. The van der Waals surface area contributed by atoms with Crippen LogP contribution >= 0.6 is 62.6 Å². The van der Waals surface area contributed by atoms with E-state index in [4.69, 9.17) is 25.4 Å². The average molecular weight is 864 g/mol. The molecule has 0 atom stereocenters. The minimum atomic E-state index is -0.519. The highest BCUT2D eigenvalue weighted by Gasteiger charge is 2.16. The van der Waals surface area contributed by atoms with Gasteiger partial charge in [-0.2, -0.15) is 0 Å². The number of carbonyl (C=O) groups is 2. The quantitative estimate of drug-likeness (QED) is 0.0296. The number of aromatic nitrogens is 4. The lowest BCUT2D eigenvalue weighted by Crippen LogP contribution is -2.11. The molecule has 54 heavy (non-hydrogen) atoms. The maximum Gasteiger partial charge on any atom is 0.276 e. The molecule has 0 saturated heterocycles. The van der Waals surface area contributed by atoms with Crippen LogP contribution in [0.4, 0.5) is 11.4 Å². The second kappa shape index (κ2) is 21.3. The molecule has 4 aromatic heterocycles. The number of aromatic hydroxyl groups is 2. The fourth-order valence-electron chi connectivity index (χ4n) is 4.38. The van der Waals surface area contributed by atoms with E-state index in [9.17, 15) is 29.4 Å². The number of alkyl halides is 1. The Morgan fingerprint density at radius 1 is 0.778 bits per heavy atom. The van der Waals surface area contributed by atoms with Gasteiger partial charge in [0.25, 0.3) is 22.5 Å². The molecule has 0 spiro atoms. The molecule has 0 radical (unpaired) electrons. The summed E-state index contributed by atoms with van der Waals surface area (Å²) in [6.07, 6.45) is 0.389. The first kappa shape index (κ1) is 43.0. The first-order valence-corrected chi connectivity index (χ1v) is 19.4. The molecule has 5 N–H and O–H groups in total. The van der Waals surface area contributed by atoms with Crippen molar-refractivity contribution in [3.63, 3.8) is 0 Å². The van der Waals surface area contributed by atoms with E-state index in [2.05, 4.69) is 45.6 Å². The molecule has 0 aliphatic rings. The number of nitrogens with one attached hydrogen (secondary N) is 3. The molecule has 276 valence electrons. The van der Waals surface area contributed by atoms with Crippen LogP contribution in [0.5, 0.6) is 11.5 Å². The Morgan fingerprint density at radius 2 is 1.31 bits per heavy atom. The summed E-state index contributed by atoms with van der Waals surface area (Å²) in [7, 11) is 0. The highest BCUT2D eigenvalue weighted by Crippen LogP contribution is 2.31. The van der Waals surface area contributed by atoms with E-state index in [1.54, 1.807) is 48.5 Å². The molecule has 0 amide bonds. The van der Waals surface area contributed by atoms with E-state index >= 15 is 0 Å². The second-order valence-corrected chi connectivity index (χ2v) is 14.3. The van der Waals surface area contributed by atoms with Crippen molar-refractivity contribution >= 4 is 85.5 Å². The van der Waals surface area contributed by atoms with Crippen LogP contribution < -0.4 is 11.1 Å². The van der Waals surface area contributed by atoms with Crippen LogP contribution in [0.3, 0.4) is 0 Å². The van der Waals surface area contributed by atoms with Crippen molar-refractivity contribution in [3.05, 3.63) is 143 Å². The van der Waals surface area contributed by atoms with E-state index < -0.39 is 11.1 Å². The Bertz CT molecular complexity index is 2460. The lowest BCUT2D eigenvalue weighted by Gasteiger charge is -2.06. The largest absolute Gasteiger partial charge is 0.508 e. The van der Waals surface area contributed by atoms with Crippen molar-refractivity contribution in [2.75, 3.05) is 11.1 Å². The number of rotatable bonds is 10. The molecular weight excluding hydrogens is 833 g/mol. The number of H-pyrrole nitrogens is 3.